The maximum absolute atomic E-state index is 13.4. The van der Waals surface area contributed by atoms with E-state index < -0.39 is 0 Å². The highest BCUT2D eigenvalue weighted by molar-refractivity contribution is 5.44. The third kappa shape index (κ3) is 4.40. The molecular weight excluding hydrogens is 237 g/mol. The molecule has 0 radical (unpaired) electrons. The Morgan fingerprint density at radius 2 is 1.68 bits per heavy atom. The first kappa shape index (κ1) is 13.6. The third-order valence-electron chi connectivity index (χ3n) is 3.21. The minimum absolute atomic E-state index is 0.0889. The fourth-order valence-electron chi connectivity index (χ4n) is 2.05. The number of unbranched alkanes of at least 4 members (excludes halogenated alkanes) is 1. The van der Waals surface area contributed by atoms with Crippen molar-refractivity contribution < 1.29 is 4.39 Å². The largest absolute Gasteiger partial charge is 0.385 e. The Kier molecular flexibility index (Phi) is 4.96. The Bertz CT molecular complexity index is 505. The zero-order valence-electron chi connectivity index (χ0n) is 11.3. The molecule has 1 N–H and O–H groups in total. The number of halogens is 1. The Morgan fingerprint density at radius 1 is 0.947 bits per heavy atom. The fraction of sp³-hybridized carbons (Fsp3) is 0.294. The van der Waals surface area contributed by atoms with Crippen molar-refractivity contribution in [3.05, 3.63) is 65.5 Å². The summed E-state index contributed by atoms with van der Waals surface area (Å²) in [5, 5.41) is 3.38. The van der Waals surface area contributed by atoms with E-state index >= 15 is 0 Å². The minimum atomic E-state index is -0.0889. The molecule has 0 bridgehead atoms. The molecular formula is C17H20FN. The third-order valence-corrected chi connectivity index (χ3v) is 3.21. The summed E-state index contributed by atoms with van der Waals surface area (Å²) in [5.74, 6) is -0.0889. The van der Waals surface area contributed by atoms with E-state index in [9.17, 15) is 4.39 Å². The smallest absolute Gasteiger partial charge is 0.126 e. The van der Waals surface area contributed by atoms with Gasteiger partial charge in [-0.15, -0.1) is 0 Å². The predicted octanol–water partition coefficient (Wildman–Crippen LogP) is 4.57. The number of hydrogen-bond donors (Lipinski definition) is 1. The highest BCUT2D eigenvalue weighted by Gasteiger charge is 1.99. The van der Waals surface area contributed by atoms with Crippen LogP contribution in [0.1, 0.15) is 24.0 Å². The Morgan fingerprint density at radius 3 is 2.42 bits per heavy atom. The van der Waals surface area contributed by atoms with Crippen LogP contribution in [0.5, 0.6) is 0 Å². The van der Waals surface area contributed by atoms with Gasteiger partial charge in [0, 0.05) is 12.2 Å². The van der Waals surface area contributed by atoms with Gasteiger partial charge in [0.2, 0.25) is 0 Å². The molecule has 0 atom stereocenters. The topological polar surface area (TPSA) is 12.0 Å². The van der Waals surface area contributed by atoms with Crippen LogP contribution in [0, 0.1) is 12.7 Å². The van der Waals surface area contributed by atoms with Crippen LogP contribution in [0.2, 0.25) is 0 Å². The molecule has 0 aliphatic rings. The van der Waals surface area contributed by atoms with E-state index in [1.165, 1.54) is 11.6 Å². The number of anilines is 1. The quantitative estimate of drug-likeness (QED) is 0.747. The number of hydrogen-bond acceptors (Lipinski definition) is 1. The van der Waals surface area contributed by atoms with Crippen LogP contribution in [0.4, 0.5) is 10.1 Å². The van der Waals surface area contributed by atoms with Crippen LogP contribution in [0.3, 0.4) is 0 Å². The molecule has 0 heterocycles. The predicted molar refractivity (Wildman–Crippen MR) is 79.0 cm³/mol. The SMILES string of the molecule is Cc1ccc(NCCCCc2ccccc2F)cc1. The molecule has 2 aromatic rings. The zero-order chi connectivity index (χ0) is 13.5. The van der Waals surface area contributed by atoms with Gasteiger partial charge >= 0.3 is 0 Å². The van der Waals surface area contributed by atoms with Crippen molar-refractivity contribution in [3.8, 4) is 0 Å². The minimum Gasteiger partial charge on any atom is -0.385 e. The Hall–Kier alpha value is -1.83. The van der Waals surface area contributed by atoms with Crippen molar-refractivity contribution in [2.45, 2.75) is 26.2 Å². The summed E-state index contributed by atoms with van der Waals surface area (Å²) in [6.45, 7) is 3.01. The van der Waals surface area contributed by atoms with Gasteiger partial charge in [-0.25, -0.2) is 4.39 Å². The van der Waals surface area contributed by atoms with E-state index in [1.807, 2.05) is 12.1 Å². The molecule has 2 heteroatoms. The van der Waals surface area contributed by atoms with E-state index in [1.54, 1.807) is 6.07 Å². The number of nitrogens with one attached hydrogen (secondary N) is 1. The zero-order valence-corrected chi connectivity index (χ0v) is 11.3. The lowest BCUT2D eigenvalue weighted by Crippen LogP contribution is -2.02. The van der Waals surface area contributed by atoms with Crippen molar-refractivity contribution in [3.63, 3.8) is 0 Å². The van der Waals surface area contributed by atoms with Crippen molar-refractivity contribution in [2.75, 3.05) is 11.9 Å². The van der Waals surface area contributed by atoms with Gasteiger partial charge in [-0.3, -0.25) is 0 Å². The lowest BCUT2D eigenvalue weighted by Gasteiger charge is -2.07. The first-order valence-electron chi connectivity index (χ1n) is 6.79. The number of rotatable bonds is 6. The molecule has 1 nitrogen and oxygen atoms in total. The molecule has 0 spiro atoms. The summed E-state index contributed by atoms with van der Waals surface area (Å²) in [6.07, 6.45) is 2.85. The molecule has 0 unspecified atom stereocenters. The van der Waals surface area contributed by atoms with Crippen LogP contribution >= 0.6 is 0 Å². The number of aryl methyl sites for hydroxylation is 2. The average Bonchev–Trinajstić information content (AvgIpc) is 2.42. The fourth-order valence-corrected chi connectivity index (χ4v) is 2.05. The van der Waals surface area contributed by atoms with E-state index in [2.05, 4.69) is 36.5 Å². The normalized spacial score (nSPS) is 10.4. The van der Waals surface area contributed by atoms with E-state index in [0.29, 0.717) is 0 Å². The summed E-state index contributed by atoms with van der Waals surface area (Å²) >= 11 is 0. The van der Waals surface area contributed by atoms with E-state index in [4.69, 9.17) is 0 Å². The molecule has 0 aliphatic carbocycles. The summed E-state index contributed by atoms with van der Waals surface area (Å²) in [7, 11) is 0. The number of benzene rings is 2. The van der Waals surface area contributed by atoms with Gasteiger partial charge in [0.1, 0.15) is 5.82 Å². The van der Waals surface area contributed by atoms with Gasteiger partial charge in [-0.1, -0.05) is 35.9 Å². The maximum atomic E-state index is 13.4. The van der Waals surface area contributed by atoms with Gasteiger partial charge in [-0.2, -0.15) is 0 Å². The lowest BCUT2D eigenvalue weighted by molar-refractivity contribution is 0.602. The molecule has 0 aliphatic heterocycles. The lowest BCUT2D eigenvalue weighted by atomic mass is 10.1. The molecule has 0 fully saturated rings. The first-order chi connectivity index (χ1) is 9.25. The summed E-state index contributed by atoms with van der Waals surface area (Å²) in [5.41, 5.74) is 3.24. The summed E-state index contributed by atoms with van der Waals surface area (Å²) < 4.78 is 13.4. The van der Waals surface area contributed by atoms with Crippen LogP contribution in [0.15, 0.2) is 48.5 Å². The van der Waals surface area contributed by atoms with Crippen LogP contribution in [-0.4, -0.2) is 6.54 Å². The highest BCUT2D eigenvalue weighted by Crippen LogP contribution is 2.11. The van der Waals surface area contributed by atoms with Crippen molar-refractivity contribution in [1.82, 2.24) is 0 Å². The van der Waals surface area contributed by atoms with E-state index in [0.717, 1.165) is 37.1 Å². The average molecular weight is 257 g/mol. The van der Waals surface area contributed by atoms with Gasteiger partial charge in [0.15, 0.2) is 0 Å². The van der Waals surface area contributed by atoms with Crippen molar-refractivity contribution in [2.24, 2.45) is 0 Å². The van der Waals surface area contributed by atoms with Crippen molar-refractivity contribution in [1.29, 1.82) is 0 Å². The van der Waals surface area contributed by atoms with Gasteiger partial charge in [0.25, 0.3) is 0 Å². The highest BCUT2D eigenvalue weighted by atomic mass is 19.1. The molecule has 100 valence electrons. The van der Waals surface area contributed by atoms with E-state index in [-0.39, 0.29) is 5.82 Å². The summed E-state index contributed by atoms with van der Waals surface area (Å²) in [6, 6.07) is 15.4. The molecule has 19 heavy (non-hydrogen) atoms. The second-order valence-electron chi connectivity index (χ2n) is 4.84. The Labute approximate surface area is 114 Å². The summed E-state index contributed by atoms with van der Waals surface area (Å²) in [4.78, 5) is 0. The molecule has 0 saturated heterocycles. The second-order valence-corrected chi connectivity index (χ2v) is 4.84. The Balaban J connectivity index is 1.67. The first-order valence-corrected chi connectivity index (χ1v) is 6.79. The molecule has 0 saturated carbocycles. The van der Waals surface area contributed by atoms with Gasteiger partial charge in [-0.05, 0) is 49.9 Å². The standard InChI is InChI=1S/C17H20FN/c1-14-9-11-16(12-10-14)19-13-5-4-7-15-6-2-3-8-17(15)18/h2-3,6,8-12,19H,4-5,7,13H2,1H3. The van der Waals surface area contributed by atoms with Crippen LogP contribution < -0.4 is 5.32 Å². The molecule has 0 amide bonds. The maximum Gasteiger partial charge on any atom is 0.126 e. The second kappa shape index (κ2) is 6.93. The van der Waals surface area contributed by atoms with Gasteiger partial charge in [0.05, 0.1) is 0 Å². The van der Waals surface area contributed by atoms with Crippen LogP contribution in [-0.2, 0) is 6.42 Å². The monoisotopic (exact) mass is 257 g/mol. The van der Waals surface area contributed by atoms with Crippen molar-refractivity contribution >= 4 is 5.69 Å². The molecule has 2 rings (SSSR count). The van der Waals surface area contributed by atoms with Gasteiger partial charge < -0.3 is 5.32 Å². The molecule has 0 aromatic heterocycles. The van der Waals surface area contributed by atoms with Crippen LogP contribution in [0.25, 0.3) is 0 Å². The molecule has 2 aromatic carbocycles.